The zero-order chi connectivity index (χ0) is 13.0. The molecular formula is C13H11ClN2O2. The molecule has 5 heteroatoms. The maximum absolute atomic E-state index is 11.3. The van der Waals surface area contributed by atoms with Gasteiger partial charge in [-0.05, 0) is 17.7 Å². The summed E-state index contributed by atoms with van der Waals surface area (Å²) in [6.45, 7) is 0. The topological polar surface area (TPSA) is 63.1 Å². The SMILES string of the molecule is O=C(O)C(Cc1ncccn1)c1ccccc1Cl. The minimum atomic E-state index is -0.935. The Morgan fingerprint density at radius 1 is 1.22 bits per heavy atom. The van der Waals surface area contributed by atoms with Crippen LogP contribution in [-0.4, -0.2) is 21.0 Å². The first kappa shape index (κ1) is 12.5. The fourth-order valence-electron chi connectivity index (χ4n) is 1.71. The Morgan fingerprint density at radius 2 is 1.89 bits per heavy atom. The molecule has 4 nitrogen and oxygen atoms in total. The minimum absolute atomic E-state index is 0.222. The molecule has 1 aromatic heterocycles. The number of benzene rings is 1. The van der Waals surface area contributed by atoms with Gasteiger partial charge < -0.3 is 5.11 Å². The van der Waals surface area contributed by atoms with Gasteiger partial charge in [-0.15, -0.1) is 0 Å². The molecule has 0 aliphatic rings. The molecule has 1 aromatic carbocycles. The molecule has 1 unspecified atom stereocenters. The van der Waals surface area contributed by atoms with Crippen LogP contribution in [0.25, 0.3) is 0 Å². The predicted octanol–water partition coefficient (Wildman–Crippen LogP) is 2.54. The van der Waals surface area contributed by atoms with E-state index < -0.39 is 11.9 Å². The third-order valence-electron chi connectivity index (χ3n) is 2.58. The van der Waals surface area contributed by atoms with Gasteiger partial charge in [0.15, 0.2) is 0 Å². The van der Waals surface area contributed by atoms with Crippen molar-refractivity contribution in [1.82, 2.24) is 9.97 Å². The van der Waals surface area contributed by atoms with E-state index in [9.17, 15) is 9.90 Å². The van der Waals surface area contributed by atoms with Crippen molar-refractivity contribution in [2.24, 2.45) is 0 Å². The fraction of sp³-hybridized carbons (Fsp3) is 0.154. The minimum Gasteiger partial charge on any atom is -0.481 e. The average molecular weight is 263 g/mol. The Morgan fingerprint density at radius 3 is 2.50 bits per heavy atom. The van der Waals surface area contributed by atoms with Crippen LogP contribution in [0.4, 0.5) is 0 Å². The van der Waals surface area contributed by atoms with Gasteiger partial charge in [-0.1, -0.05) is 29.8 Å². The molecule has 0 fully saturated rings. The third kappa shape index (κ3) is 2.84. The van der Waals surface area contributed by atoms with E-state index in [-0.39, 0.29) is 6.42 Å². The van der Waals surface area contributed by atoms with Gasteiger partial charge in [0.05, 0.1) is 5.92 Å². The van der Waals surface area contributed by atoms with Gasteiger partial charge in [0.2, 0.25) is 0 Å². The Kier molecular flexibility index (Phi) is 3.89. The van der Waals surface area contributed by atoms with Crippen LogP contribution in [0.5, 0.6) is 0 Å². The summed E-state index contributed by atoms with van der Waals surface area (Å²) in [5, 5.41) is 9.74. The number of halogens is 1. The van der Waals surface area contributed by atoms with Crippen molar-refractivity contribution in [2.45, 2.75) is 12.3 Å². The highest BCUT2D eigenvalue weighted by Crippen LogP contribution is 2.26. The van der Waals surface area contributed by atoms with E-state index in [2.05, 4.69) is 9.97 Å². The first-order valence-corrected chi connectivity index (χ1v) is 5.79. The number of aromatic nitrogens is 2. The van der Waals surface area contributed by atoms with Crippen LogP contribution in [0.2, 0.25) is 5.02 Å². The Labute approximate surface area is 109 Å². The van der Waals surface area contributed by atoms with Crippen molar-refractivity contribution >= 4 is 17.6 Å². The second kappa shape index (κ2) is 5.60. The van der Waals surface area contributed by atoms with E-state index in [0.717, 1.165) is 0 Å². The van der Waals surface area contributed by atoms with Crippen LogP contribution < -0.4 is 0 Å². The molecule has 0 saturated heterocycles. The van der Waals surface area contributed by atoms with Gasteiger partial charge in [-0.25, -0.2) is 9.97 Å². The van der Waals surface area contributed by atoms with Crippen LogP contribution in [-0.2, 0) is 11.2 Å². The van der Waals surface area contributed by atoms with Gasteiger partial charge >= 0.3 is 5.97 Å². The molecule has 2 rings (SSSR count). The molecule has 0 aliphatic carbocycles. The number of carboxylic acid groups (broad SMARTS) is 1. The van der Waals surface area contributed by atoms with Crippen molar-refractivity contribution in [3.8, 4) is 0 Å². The molecular weight excluding hydrogens is 252 g/mol. The summed E-state index contributed by atoms with van der Waals surface area (Å²) in [7, 11) is 0. The van der Waals surface area contributed by atoms with Crippen molar-refractivity contribution in [1.29, 1.82) is 0 Å². The van der Waals surface area contributed by atoms with E-state index in [1.807, 2.05) is 0 Å². The largest absolute Gasteiger partial charge is 0.481 e. The Bertz CT molecular complexity index is 546. The zero-order valence-electron chi connectivity index (χ0n) is 9.45. The van der Waals surface area contributed by atoms with Crippen LogP contribution in [0.15, 0.2) is 42.7 Å². The molecule has 92 valence electrons. The number of carboxylic acids is 1. The molecule has 0 bridgehead atoms. The lowest BCUT2D eigenvalue weighted by atomic mass is 9.95. The van der Waals surface area contributed by atoms with Crippen LogP contribution in [0.1, 0.15) is 17.3 Å². The Hall–Kier alpha value is -1.94. The van der Waals surface area contributed by atoms with Gasteiger partial charge in [0.1, 0.15) is 5.82 Å². The summed E-state index contributed by atoms with van der Waals surface area (Å²) in [4.78, 5) is 19.4. The molecule has 0 spiro atoms. The van der Waals surface area contributed by atoms with Gasteiger partial charge in [-0.3, -0.25) is 4.79 Å². The Balaban J connectivity index is 2.30. The van der Waals surface area contributed by atoms with Crippen molar-refractivity contribution < 1.29 is 9.90 Å². The van der Waals surface area contributed by atoms with Gasteiger partial charge in [0, 0.05) is 23.8 Å². The molecule has 0 amide bonds. The molecule has 1 heterocycles. The number of hydrogen-bond donors (Lipinski definition) is 1. The second-order valence-electron chi connectivity index (χ2n) is 3.78. The number of nitrogens with zero attached hydrogens (tertiary/aromatic N) is 2. The van der Waals surface area contributed by atoms with Gasteiger partial charge in [-0.2, -0.15) is 0 Å². The number of carbonyl (C=O) groups is 1. The lowest BCUT2D eigenvalue weighted by molar-refractivity contribution is -0.138. The average Bonchev–Trinajstić information content (AvgIpc) is 2.38. The second-order valence-corrected chi connectivity index (χ2v) is 4.19. The first-order chi connectivity index (χ1) is 8.68. The monoisotopic (exact) mass is 262 g/mol. The number of hydrogen-bond acceptors (Lipinski definition) is 3. The van der Waals surface area contributed by atoms with Crippen molar-refractivity contribution in [2.75, 3.05) is 0 Å². The maximum atomic E-state index is 11.3. The van der Waals surface area contributed by atoms with Gasteiger partial charge in [0.25, 0.3) is 0 Å². The van der Waals surface area contributed by atoms with Crippen molar-refractivity contribution in [3.05, 3.63) is 59.1 Å². The van der Waals surface area contributed by atoms with Crippen molar-refractivity contribution in [3.63, 3.8) is 0 Å². The fourth-order valence-corrected chi connectivity index (χ4v) is 1.97. The molecule has 2 aromatic rings. The molecule has 1 N–H and O–H groups in total. The molecule has 18 heavy (non-hydrogen) atoms. The standard InChI is InChI=1S/C13H11ClN2O2/c14-11-5-2-1-4-9(11)10(13(17)18)8-12-15-6-3-7-16-12/h1-7,10H,8H2,(H,17,18). The zero-order valence-corrected chi connectivity index (χ0v) is 10.2. The quantitative estimate of drug-likeness (QED) is 0.920. The van der Waals surface area contributed by atoms with Crippen LogP contribution in [0, 0.1) is 0 Å². The van der Waals surface area contributed by atoms with E-state index in [1.54, 1.807) is 42.7 Å². The summed E-state index contributed by atoms with van der Waals surface area (Å²) < 4.78 is 0. The van der Waals surface area contributed by atoms with E-state index in [1.165, 1.54) is 0 Å². The first-order valence-electron chi connectivity index (χ1n) is 5.41. The van der Waals surface area contributed by atoms with E-state index in [0.29, 0.717) is 16.4 Å². The molecule has 0 aliphatic heterocycles. The summed E-state index contributed by atoms with van der Waals surface area (Å²) >= 11 is 6.03. The molecule has 0 radical (unpaired) electrons. The van der Waals surface area contributed by atoms with E-state index >= 15 is 0 Å². The highest BCUT2D eigenvalue weighted by Gasteiger charge is 2.23. The molecule has 1 atom stereocenters. The summed E-state index contributed by atoms with van der Waals surface area (Å²) in [6.07, 6.45) is 3.40. The summed E-state index contributed by atoms with van der Waals surface area (Å²) in [5.74, 6) is -1.18. The highest BCUT2D eigenvalue weighted by atomic mass is 35.5. The number of aliphatic carboxylic acids is 1. The summed E-state index contributed by atoms with van der Waals surface area (Å²) in [5.41, 5.74) is 0.583. The van der Waals surface area contributed by atoms with E-state index in [4.69, 9.17) is 11.6 Å². The van der Waals surface area contributed by atoms with Crippen LogP contribution in [0.3, 0.4) is 0 Å². The summed E-state index contributed by atoms with van der Waals surface area (Å²) in [6, 6.07) is 8.62. The third-order valence-corrected chi connectivity index (χ3v) is 2.93. The molecule has 0 saturated carbocycles. The van der Waals surface area contributed by atoms with Crippen LogP contribution >= 0.6 is 11.6 Å². The maximum Gasteiger partial charge on any atom is 0.311 e. The highest BCUT2D eigenvalue weighted by molar-refractivity contribution is 6.31. The smallest absolute Gasteiger partial charge is 0.311 e. The predicted molar refractivity (Wildman–Crippen MR) is 67.6 cm³/mol. The normalized spacial score (nSPS) is 12.1. The lowest BCUT2D eigenvalue weighted by Crippen LogP contribution is -2.16. The number of rotatable bonds is 4. The lowest BCUT2D eigenvalue weighted by Gasteiger charge is -2.13.